The van der Waals surface area contributed by atoms with E-state index in [-0.39, 0.29) is 5.91 Å². The summed E-state index contributed by atoms with van der Waals surface area (Å²) in [6, 6.07) is 30.7. The van der Waals surface area contributed by atoms with Gasteiger partial charge in [0.1, 0.15) is 0 Å². The summed E-state index contributed by atoms with van der Waals surface area (Å²) in [5.41, 5.74) is 8.06. The van der Waals surface area contributed by atoms with Crippen molar-refractivity contribution in [2.75, 3.05) is 30.4 Å². The molecule has 0 saturated heterocycles. The first kappa shape index (κ1) is 29.7. The van der Waals surface area contributed by atoms with Crippen molar-refractivity contribution in [2.24, 2.45) is 5.10 Å². The molecule has 3 N–H and O–H groups in total. The number of rotatable bonds is 12. The minimum absolute atomic E-state index is 0.298. The molecule has 4 aromatic rings. The molecule has 0 aliphatic carbocycles. The highest BCUT2D eigenvalue weighted by Crippen LogP contribution is 2.22. The molecule has 41 heavy (non-hydrogen) atoms. The number of hydrogen-bond acceptors (Lipinski definition) is 5. The number of amides is 2. The normalized spacial score (nSPS) is 10.9. The van der Waals surface area contributed by atoms with Gasteiger partial charge >= 0.3 is 0 Å². The predicted octanol–water partition coefficient (Wildman–Crippen LogP) is 6.39. The summed E-state index contributed by atoms with van der Waals surface area (Å²) in [5, 5.41) is 10.4. The van der Waals surface area contributed by atoms with Gasteiger partial charge in [-0.2, -0.15) is 5.10 Å². The van der Waals surface area contributed by atoms with Gasteiger partial charge in [0.15, 0.2) is 0 Å². The SMILES string of the molecule is Cc1ccc(/C=N/NC(=O)c2cc(Br)ccc2NC(=O)c2ccc(CNCCCN(C)c3ccccc3)cc2)cc1. The van der Waals surface area contributed by atoms with Gasteiger partial charge in [-0.3, -0.25) is 9.59 Å². The lowest BCUT2D eigenvalue weighted by atomic mass is 10.1. The summed E-state index contributed by atoms with van der Waals surface area (Å²) in [4.78, 5) is 28.1. The molecule has 4 aromatic carbocycles. The van der Waals surface area contributed by atoms with Crippen molar-refractivity contribution < 1.29 is 9.59 Å². The van der Waals surface area contributed by atoms with Crippen LogP contribution in [0.2, 0.25) is 0 Å². The van der Waals surface area contributed by atoms with Crippen molar-refractivity contribution in [3.63, 3.8) is 0 Å². The Balaban J connectivity index is 1.27. The summed E-state index contributed by atoms with van der Waals surface area (Å²) in [5.74, 6) is -0.727. The van der Waals surface area contributed by atoms with E-state index in [4.69, 9.17) is 0 Å². The fourth-order valence-electron chi connectivity index (χ4n) is 4.15. The van der Waals surface area contributed by atoms with E-state index in [0.29, 0.717) is 21.3 Å². The maximum atomic E-state index is 13.0. The highest BCUT2D eigenvalue weighted by atomic mass is 79.9. The Labute approximate surface area is 249 Å². The molecule has 0 radical (unpaired) electrons. The van der Waals surface area contributed by atoms with Gasteiger partial charge in [0.05, 0.1) is 17.5 Å². The van der Waals surface area contributed by atoms with Gasteiger partial charge in [0, 0.05) is 35.9 Å². The first-order valence-corrected chi connectivity index (χ1v) is 14.2. The molecule has 8 heteroatoms. The number of halogens is 1. The maximum Gasteiger partial charge on any atom is 0.273 e. The zero-order chi connectivity index (χ0) is 29.0. The van der Waals surface area contributed by atoms with Gasteiger partial charge in [-0.15, -0.1) is 0 Å². The molecule has 0 atom stereocenters. The Bertz CT molecular complexity index is 1470. The highest BCUT2D eigenvalue weighted by molar-refractivity contribution is 9.10. The fraction of sp³-hybridized carbons (Fsp3) is 0.182. The topological polar surface area (TPSA) is 85.8 Å². The van der Waals surface area contributed by atoms with Crippen molar-refractivity contribution in [3.8, 4) is 0 Å². The highest BCUT2D eigenvalue weighted by Gasteiger charge is 2.15. The molecule has 0 aliphatic rings. The van der Waals surface area contributed by atoms with Crippen LogP contribution in [0.25, 0.3) is 0 Å². The zero-order valence-corrected chi connectivity index (χ0v) is 24.8. The molecule has 0 aliphatic heterocycles. The number of carbonyl (C=O) groups excluding carboxylic acids is 2. The molecule has 0 heterocycles. The van der Waals surface area contributed by atoms with Crippen LogP contribution in [0.3, 0.4) is 0 Å². The van der Waals surface area contributed by atoms with Crippen LogP contribution >= 0.6 is 15.9 Å². The molecule has 0 unspecified atom stereocenters. The lowest BCUT2D eigenvalue weighted by Gasteiger charge is -2.19. The van der Waals surface area contributed by atoms with Crippen LogP contribution < -0.4 is 21.0 Å². The molecule has 7 nitrogen and oxygen atoms in total. The van der Waals surface area contributed by atoms with Crippen LogP contribution in [0.4, 0.5) is 11.4 Å². The van der Waals surface area contributed by atoms with Gasteiger partial charge in [-0.1, -0.05) is 76.1 Å². The van der Waals surface area contributed by atoms with Crippen LogP contribution in [-0.4, -0.2) is 38.2 Å². The Kier molecular flexibility index (Phi) is 10.8. The predicted molar refractivity (Wildman–Crippen MR) is 171 cm³/mol. The quantitative estimate of drug-likeness (QED) is 0.0984. The number of hydrogen-bond donors (Lipinski definition) is 3. The average molecular weight is 613 g/mol. The van der Waals surface area contributed by atoms with Crippen LogP contribution in [0.5, 0.6) is 0 Å². The Hall–Kier alpha value is -4.27. The zero-order valence-electron chi connectivity index (χ0n) is 23.2. The number of nitrogens with zero attached hydrogens (tertiary/aromatic N) is 2. The number of carbonyl (C=O) groups is 2. The molecule has 210 valence electrons. The third-order valence-electron chi connectivity index (χ3n) is 6.52. The lowest BCUT2D eigenvalue weighted by molar-refractivity contribution is 0.0956. The van der Waals surface area contributed by atoms with E-state index in [9.17, 15) is 9.59 Å². The second-order valence-corrected chi connectivity index (χ2v) is 10.7. The van der Waals surface area contributed by atoms with Crippen LogP contribution in [0.1, 0.15) is 43.8 Å². The molecule has 0 fully saturated rings. The van der Waals surface area contributed by atoms with Crippen LogP contribution in [-0.2, 0) is 6.54 Å². The van der Waals surface area contributed by atoms with Crippen molar-refractivity contribution in [1.82, 2.24) is 10.7 Å². The molecule has 2 amide bonds. The molecule has 0 saturated carbocycles. The van der Waals surface area contributed by atoms with Crippen LogP contribution in [0, 0.1) is 6.92 Å². The Morgan fingerprint density at radius 1 is 0.902 bits per heavy atom. The van der Waals surface area contributed by atoms with E-state index in [0.717, 1.165) is 42.7 Å². The van der Waals surface area contributed by atoms with Crippen molar-refractivity contribution in [1.29, 1.82) is 0 Å². The molecule has 0 spiro atoms. The van der Waals surface area contributed by atoms with Gasteiger partial charge in [0.25, 0.3) is 11.8 Å². The minimum Gasteiger partial charge on any atom is -0.375 e. The first-order chi connectivity index (χ1) is 19.9. The molecular weight excluding hydrogens is 578 g/mol. The number of hydrazone groups is 1. The van der Waals surface area contributed by atoms with Crippen LogP contribution in [0.15, 0.2) is 107 Å². The van der Waals surface area contributed by atoms with E-state index in [1.54, 1.807) is 36.5 Å². The van der Waals surface area contributed by atoms with E-state index in [2.05, 4.69) is 61.2 Å². The van der Waals surface area contributed by atoms with E-state index in [1.165, 1.54) is 5.69 Å². The standard InChI is InChI=1S/C33H34BrN5O2/c1-24-9-11-26(12-10-24)23-36-38-33(41)30-21-28(34)17-18-31(30)37-32(40)27-15-13-25(14-16-27)22-35-19-6-20-39(2)29-7-4-3-5-8-29/h3-5,7-18,21,23,35H,6,19-20,22H2,1-2H3,(H,37,40)(H,38,41)/b36-23+. The average Bonchev–Trinajstić information content (AvgIpc) is 2.99. The van der Waals surface area contributed by atoms with E-state index < -0.39 is 5.91 Å². The molecule has 0 bridgehead atoms. The molecular formula is C33H34BrN5O2. The lowest BCUT2D eigenvalue weighted by Crippen LogP contribution is -2.23. The Morgan fingerprint density at radius 3 is 2.37 bits per heavy atom. The van der Waals surface area contributed by atoms with Crippen molar-refractivity contribution in [2.45, 2.75) is 19.9 Å². The van der Waals surface area contributed by atoms with Gasteiger partial charge in [-0.25, -0.2) is 5.43 Å². The first-order valence-electron chi connectivity index (χ1n) is 13.5. The summed E-state index contributed by atoms with van der Waals surface area (Å²) >= 11 is 3.40. The summed E-state index contributed by atoms with van der Waals surface area (Å²) in [6.45, 7) is 4.58. The van der Waals surface area contributed by atoms with E-state index >= 15 is 0 Å². The number of para-hydroxylation sites is 1. The monoisotopic (exact) mass is 611 g/mol. The summed E-state index contributed by atoms with van der Waals surface area (Å²) in [7, 11) is 2.10. The largest absolute Gasteiger partial charge is 0.375 e. The van der Waals surface area contributed by atoms with E-state index in [1.807, 2.05) is 61.5 Å². The van der Waals surface area contributed by atoms with Gasteiger partial charge in [0.2, 0.25) is 0 Å². The number of aryl methyl sites for hydroxylation is 1. The number of nitrogens with one attached hydrogen (secondary N) is 3. The summed E-state index contributed by atoms with van der Waals surface area (Å²) < 4.78 is 0.715. The number of benzene rings is 4. The molecule has 4 rings (SSSR count). The number of anilines is 2. The third kappa shape index (κ3) is 9.13. The second kappa shape index (κ2) is 14.9. The van der Waals surface area contributed by atoms with Crippen molar-refractivity contribution in [3.05, 3.63) is 129 Å². The summed E-state index contributed by atoms with van der Waals surface area (Å²) in [6.07, 6.45) is 2.60. The smallest absolute Gasteiger partial charge is 0.273 e. The second-order valence-electron chi connectivity index (χ2n) is 9.74. The van der Waals surface area contributed by atoms with Gasteiger partial charge in [-0.05, 0) is 73.5 Å². The molecule has 0 aromatic heterocycles. The fourth-order valence-corrected chi connectivity index (χ4v) is 4.51. The maximum absolute atomic E-state index is 13.0. The minimum atomic E-state index is -0.429. The Morgan fingerprint density at radius 2 is 1.63 bits per heavy atom. The third-order valence-corrected chi connectivity index (χ3v) is 7.01. The van der Waals surface area contributed by atoms with Crippen molar-refractivity contribution >= 4 is 45.3 Å². The van der Waals surface area contributed by atoms with Gasteiger partial charge < -0.3 is 15.5 Å².